The molecule has 0 aliphatic carbocycles. The van der Waals surface area contributed by atoms with Gasteiger partial charge < -0.3 is 19.5 Å². The van der Waals surface area contributed by atoms with Crippen LogP contribution in [-0.2, 0) is 0 Å². The molecule has 0 saturated carbocycles. The Bertz CT molecular complexity index is 987. The number of methoxy groups -OCH3 is 3. The Hall–Kier alpha value is -3.18. The van der Waals surface area contributed by atoms with Crippen LogP contribution in [0.25, 0.3) is 0 Å². The summed E-state index contributed by atoms with van der Waals surface area (Å²) in [5, 5.41) is 4.09. The van der Waals surface area contributed by atoms with Crippen LogP contribution in [0.5, 0.6) is 17.2 Å². The number of hydrogen-bond donors (Lipinski definition) is 1. The van der Waals surface area contributed by atoms with Gasteiger partial charge >= 0.3 is 0 Å². The number of halogens is 1. The lowest BCUT2D eigenvalue weighted by molar-refractivity contribution is 0.0976. The van der Waals surface area contributed by atoms with Crippen molar-refractivity contribution in [2.45, 2.75) is 12.5 Å². The third-order valence-corrected chi connectivity index (χ3v) is 5.05. The fourth-order valence-electron chi connectivity index (χ4n) is 3.15. The minimum atomic E-state index is -0.240. The van der Waals surface area contributed by atoms with E-state index in [-0.39, 0.29) is 18.2 Å². The third-order valence-electron chi connectivity index (χ3n) is 4.80. The molecule has 0 saturated heterocycles. The Morgan fingerprint density at radius 3 is 2.13 bits per heavy atom. The normalized spacial score (nSPS) is 11.5. The number of benzene rings is 3. The summed E-state index contributed by atoms with van der Waals surface area (Å²) in [6.07, 6.45) is 0.253. The van der Waals surface area contributed by atoms with Gasteiger partial charge in [0.15, 0.2) is 17.3 Å². The van der Waals surface area contributed by atoms with Crippen LogP contribution in [0.1, 0.15) is 28.4 Å². The predicted molar refractivity (Wildman–Crippen MR) is 119 cm³/mol. The first-order chi connectivity index (χ1) is 14.5. The molecule has 0 bridgehead atoms. The average molecular weight is 426 g/mol. The van der Waals surface area contributed by atoms with Crippen LogP contribution in [0.15, 0.2) is 66.7 Å². The van der Waals surface area contributed by atoms with Gasteiger partial charge in [-0.25, -0.2) is 0 Å². The Kier molecular flexibility index (Phi) is 7.20. The molecular formula is C24H24ClNO4. The molecule has 6 heteroatoms. The Labute approximate surface area is 181 Å². The van der Waals surface area contributed by atoms with E-state index in [0.29, 0.717) is 22.1 Å². The molecule has 0 spiro atoms. The van der Waals surface area contributed by atoms with Gasteiger partial charge in [-0.2, -0.15) is 0 Å². The number of ketones is 1. The summed E-state index contributed by atoms with van der Waals surface area (Å²) < 4.78 is 15.8. The summed E-state index contributed by atoms with van der Waals surface area (Å²) in [4.78, 5) is 13.1. The second-order valence-electron chi connectivity index (χ2n) is 6.67. The molecule has 156 valence electrons. The molecule has 1 atom stereocenters. The van der Waals surface area contributed by atoms with Gasteiger partial charge in [-0.3, -0.25) is 4.79 Å². The molecule has 1 unspecified atom stereocenters. The van der Waals surface area contributed by atoms with Gasteiger partial charge in [-0.15, -0.1) is 0 Å². The number of anilines is 1. The first-order valence-corrected chi connectivity index (χ1v) is 9.83. The van der Waals surface area contributed by atoms with Crippen molar-refractivity contribution in [1.82, 2.24) is 0 Å². The molecule has 0 aliphatic heterocycles. The summed E-state index contributed by atoms with van der Waals surface area (Å²) in [6.45, 7) is 0. The van der Waals surface area contributed by atoms with E-state index in [9.17, 15) is 4.79 Å². The zero-order valence-corrected chi connectivity index (χ0v) is 17.9. The average Bonchev–Trinajstić information content (AvgIpc) is 2.79. The van der Waals surface area contributed by atoms with Crippen LogP contribution in [0.2, 0.25) is 5.02 Å². The quantitative estimate of drug-likeness (QED) is 0.439. The summed E-state index contributed by atoms with van der Waals surface area (Å²) in [5.74, 6) is 1.86. The highest BCUT2D eigenvalue weighted by Gasteiger charge is 2.19. The van der Waals surface area contributed by atoms with Crippen LogP contribution in [0.3, 0.4) is 0 Å². The second kappa shape index (κ2) is 10.0. The number of hydrogen-bond acceptors (Lipinski definition) is 5. The lowest BCUT2D eigenvalue weighted by atomic mass is 9.97. The van der Waals surface area contributed by atoms with Gasteiger partial charge in [0.1, 0.15) is 5.75 Å². The highest BCUT2D eigenvalue weighted by Crippen LogP contribution is 2.31. The Morgan fingerprint density at radius 1 is 0.867 bits per heavy atom. The maximum Gasteiger partial charge on any atom is 0.165 e. The van der Waals surface area contributed by atoms with Crippen LogP contribution < -0.4 is 19.5 Å². The van der Waals surface area contributed by atoms with Gasteiger partial charge in [-0.1, -0.05) is 23.7 Å². The summed E-state index contributed by atoms with van der Waals surface area (Å²) in [5.41, 5.74) is 2.41. The molecule has 1 N–H and O–H groups in total. The number of carbonyl (C=O) groups excluding carboxylic acids is 1. The lowest BCUT2D eigenvalue weighted by Crippen LogP contribution is -2.16. The molecule has 0 radical (unpaired) electrons. The molecule has 0 heterocycles. The maximum atomic E-state index is 13.1. The smallest absolute Gasteiger partial charge is 0.165 e. The van der Waals surface area contributed by atoms with E-state index in [1.54, 1.807) is 39.5 Å². The standard InChI is InChI=1S/C24H24ClNO4/c1-28-20-11-9-19(10-12-20)26-21(16-4-7-18(25)8-5-16)15-22(27)17-6-13-23(29-2)24(14-17)30-3/h4-14,21,26H,15H2,1-3H3. The van der Waals surface area contributed by atoms with E-state index in [4.69, 9.17) is 25.8 Å². The summed E-state index contributed by atoms with van der Waals surface area (Å²) in [7, 11) is 4.74. The van der Waals surface area contributed by atoms with E-state index in [0.717, 1.165) is 17.0 Å². The van der Waals surface area contributed by atoms with Gasteiger partial charge in [0.2, 0.25) is 0 Å². The highest BCUT2D eigenvalue weighted by atomic mass is 35.5. The number of nitrogens with one attached hydrogen (secondary N) is 1. The van der Waals surface area contributed by atoms with Crippen LogP contribution in [0, 0.1) is 0 Å². The van der Waals surface area contributed by atoms with Crippen molar-refractivity contribution >= 4 is 23.1 Å². The van der Waals surface area contributed by atoms with Crippen LogP contribution >= 0.6 is 11.6 Å². The van der Waals surface area contributed by atoms with Crippen molar-refractivity contribution in [2.24, 2.45) is 0 Å². The predicted octanol–water partition coefficient (Wildman–Crippen LogP) is 5.79. The van der Waals surface area contributed by atoms with Crippen LogP contribution in [0.4, 0.5) is 5.69 Å². The summed E-state index contributed by atoms with van der Waals surface area (Å²) in [6, 6.07) is 20.0. The fourth-order valence-corrected chi connectivity index (χ4v) is 3.27. The molecule has 0 aromatic heterocycles. The molecule has 3 aromatic carbocycles. The van der Waals surface area contributed by atoms with Crippen LogP contribution in [-0.4, -0.2) is 27.1 Å². The van der Waals surface area contributed by atoms with Gasteiger partial charge in [0.05, 0.1) is 27.4 Å². The molecule has 3 rings (SSSR count). The molecule has 30 heavy (non-hydrogen) atoms. The van der Waals surface area contributed by atoms with E-state index in [1.165, 1.54) is 0 Å². The summed E-state index contributed by atoms with van der Waals surface area (Å²) >= 11 is 6.05. The van der Waals surface area contributed by atoms with Crippen molar-refractivity contribution in [3.8, 4) is 17.2 Å². The topological polar surface area (TPSA) is 56.8 Å². The minimum absolute atomic E-state index is 0.0167. The first kappa shape index (κ1) is 21.5. The Morgan fingerprint density at radius 2 is 1.53 bits per heavy atom. The van der Waals surface area contributed by atoms with Gasteiger partial charge in [-0.05, 0) is 60.2 Å². The van der Waals surface area contributed by atoms with Crippen molar-refractivity contribution in [2.75, 3.05) is 26.6 Å². The largest absolute Gasteiger partial charge is 0.497 e. The van der Waals surface area contributed by atoms with E-state index in [1.807, 2.05) is 48.5 Å². The monoisotopic (exact) mass is 425 g/mol. The number of rotatable bonds is 9. The number of ether oxygens (including phenoxy) is 3. The van der Waals surface area contributed by atoms with Crippen molar-refractivity contribution in [3.63, 3.8) is 0 Å². The lowest BCUT2D eigenvalue weighted by Gasteiger charge is -2.21. The minimum Gasteiger partial charge on any atom is -0.497 e. The molecular weight excluding hydrogens is 402 g/mol. The maximum absolute atomic E-state index is 13.1. The zero-order valence-electron chi connectivity index (χ0n) is 17.1. The molecule has 0 aliphatic rings. The molecule has 0 fully saturated rings. The van der Waals surface area contributed by atoms with Gasteiger partial charge in [0, 0.05) is 22.7 Å². The van der Waals surface area contributed by atoms with E-state index in [2.05, 4.69) is 5.32 Å². The fraction of sp³-hybridized carbons (Fsp3) is 0.208. The van der Waals surface area contributed by atoms with E-state index < -0.39 is 0 Å². The molecule has 3 aromatic rings. The molecule has 0 amide bonds. The second-order valence-corrected chi connectivity index (χ2v) is 7.11. The van der Waals surface area contributed by atoms with Crippen molar-refractivity contribution in [1.29, 1.82) is 0 Å². The van der Waals surface area contributed by atoms with Crippen molar-refractivity contribution < 1.29 is 19.0 Å². The van der Waals surface area contributed by atoms with Gasteiger partial charge in [0.25, 0.3) is 0 Å². The SMILES string of the molecule is COc1ccc(NC(CC(=O)c2ccc(OC)c(OC)c2)c2ccc(Cl)cc2)cc1. The zero-order chi connectivity index (χ0) is 21.5. The highest BCUT2D eigenvalue weighted by molar-refractivity contribution is 6.30. The van der Waals surface area contributed by atoms with Crippen molar-refractivity contribution in [3.05, 3.63) is 82.9 Å². The number of carbonyl (C=O) groups is 1. The Balaban J connectivity index is 1.85. The number of Topliss-reactive ketones (excluding diaryl/α,β-unsaturated/α-hetero) is 1. The van der Waals surface area contributed by atoms with E-state index >= 15 is 0 Å². The first-order valence-electron chi connectivity index (χ1n) is 9.45. The molecule has 5 nitrogen and oxygen atoms in total. The third kappa shape index (κ3) is 5.24.